The minimum atomic E-state index is -3.69. The first-order chi connectivity index (χ1) is 12.4. The van der Waals surface area contributed by atoms with Gasteiger partial charge in [0, 0.05) is 35.9 Å². The van der Waals surface area contributed by atoms with Gasteiger partial charge in [-0.1, -0.05) is 30.5 Å². The largest absolute Gasteiger partial charge is 0.310 e. The summed E-state index contributed by atoms with van der Waals surface area (Å²) in [6.45, 7) is 0.814. The maximum atomic E-state index is 14.0. The molecule has 1 fully saturated rings. The molecule has 1 aromatic heterocycles. The second-order valence-electron chi connectivity index (χ2n) is 6.35. The molecule has 1 aliphatic rings. The number of pyridine rings is 1. The van der Waals surface area contributed by atoms with E-state index < -0.39 is 21.4 Å². The summed E-state index contributed by atoms with van der Waals surface area (Å²) in [5, 5.41) is 0.192. The molecular formula is C18H20ClFN2O3S. The van der Waals surface area contributed by atoms with E-state index in [-0.39, 0.29) is 22.0 Å². The van der Waals surface area contributed by atoms with Crippen LogP contribution in [0.5, 0.6) is 0 Å². The molecule has 0 atom stereocenters. The molecule has 0 bridgehead atoms. The summed E-state index contributed by atoms with van der Waals surface area (Å²) in [5.41, 5.74) is -0.264. The van der Waals surface area contributed by atoms with Gasteiger partial charge in [0.15, 0.2) is 0 Å². The van der Waals surface area contributed by atoms with Crippen LogP contribution in [-0.2, 0) is 16.6 Å². The summed E-state index contributed by atoms with van der Waals surface area (Å²) >= 11 is 6.02. The molecule has 0 amide bonds. The van der Waals surface area contributed by atoms with Crippen LogP contribution in [0.1, 0.15) is 31.2 Å². The van der Waals surface area contributed by atoms with Crippen LogP contribution in [0.25, 0.3) is 0 Å². The molecule has 0 saturated carbocycles. The first-order valence-corrected chi connectivity index (χ1v) is 10.3. The second-order valence-corrected chi connectivity index (χ2v) is 8.69. The van der Waals surface area contributed by atoms with Gasteiger partial charge in [-0.3, -0.25) is 4.79 Å². The summed E-state index contributed by atoms with van der Waals surface area (Å²) in [5.74, 6) is -0.537. The van der Waals surface area contributed by atoms with Crippen molar-refractivity contribution in [3.8, 4) is 0 Å². The zero-order valence-corrected chi connectivity index (χ0v) is 15.8. The number of hydrogen-bond acceptors (Lipinski definition) is 3. The fourth-order valence-corrected chi connectivity index (χ4v) is 4.83. The molecule has 1 aromatic carbocycles. The van der Waals surface area contributed by atoms with Gasteiger partial charge < -0.3 is 4.57 Å². The Labute approximate surface area is 157 Å². The van der Waals surface area contributed by atoms with E-state index in [9.17, 15) is 17.6 Å². The molecule has 8 heteroatoms. The molecule has 0 unspecified atom stereocenters. The van der Waals surface area contributed by atoms with Gasteiger partial charge in [-0.05, 0) is 31.0 Å². The maximum absolute atomic E-state index is 14.0. The van der Waals surface area contributed by atoms with Gasteiger partial charge in [0.2, 0.25) is 10.0 Å². The van der Waals surface area contributed by atoms with Crippen LogP contribution in [0.4, 0.5) is 4.39 Å². The lowest BCUT2D eigenvalue weighted by Crippen LogP contribution is -2.33. The number of sulfonamides is 1. The normalized spacial score (nSPS) is 16.4. The van der Waals surface area contributed by atoms with Gasteiger partial charge in [0.1, 0.15) is 5.82 Å². The predicted octanol–water partition coefficient (Wildman–Crippen LogP) is 3.25. The van der Waals surface area contributed by atoms with Crippen molar-refractivity contribution in [2.45, 2.75) is 37.1 Å². The Balaban J connectivity index is 1.96. The zero-order valence-electron chi connectivity index (χ0n) is 14.2. The molecule has 2 aromatic rings. The van der Waals surface area contributed by atoms with Crippen molar-refractivity contribution in [1.82, 2.24) is 8.87 Å². The monoisotopic (exact) mass is 398 g/mol. The average molecular weight is 399 g/mol. The second kappa shape index (κ2) is 7.90. The highest BCUT2D eigenvalue weighted by Crippen LogP contribution is 2.22. The number of hydrogen-bond donors (Lipinski definition) is 0. The van der Waals surface area contributed by atoms with Crippen molar-refractivity contribution in [3.05, 3.63) is 63.3 Å². The Bertz CT molecular complexity index is 931. The molecule has 2 heterocycles. The maximum Gasteiger partial charge on any atom is 0.250 e. The van der Waals surface area contributed by atoms with Crippen LogP contribution in [0.2, 0.25) is 5.02 Å². The lowest BCUT2D eigenvalue weighted by Gasteiger charge is -2.20. The van der Waals surface area contributed by atoms with E-state index in [0.717, 1.165) is 25.7 Å². The minimum absolute atomic E-state index is 0.0338. The van der Waals surface area contributed by atoms with Crippen LogP contribution in [-0.4, -0.2) is 30.4 Å². The summed E-state index contributed by atoms with van der Waals surface area (Å²) in [4.78, 5) is 12.2. The van der Waals surface area contributed by atoms with Gasteiger partial charge in [-0.2, -0.15) is 4.31 Å². The van der Waals surface area contributed by atoms with E-state index in [1.165, 1.54) is 45.4 Å². The van der Waals surface area contributed by atoms with Gasteiger partial charge >= 0.3 is 0 Å². The quantitative estimate of drug-likeness (QED) is 0.794. The molecule has 1 saturated heterocycles. The number of benzene rings is 1. The predicted molar refractivity (Wildman–Crippen MR) is 98.4 cm³/mol. The third-order valence-electron chi connectivity index (χ3n) is 4.55. The third-order valence-corrected chi connectivity index (χ3v) is 6.79. The molecule has 0 radical (unpaired) electrons. The van der Waals surface area contributed by atoms with Crippen LogP contribution in [0.3, 0.4) is 0 Å². The van der Waals surface area contributed by atoms with E-state index in [1.807, 2.05) is 0 Å². The van der Waals surface area contributed by atoms with E-state index >= 15 is 0 Å². The third kappa shape index (κ3) is 4.00. The van der Waals surface area contributed by atoms with Crippen LogP contribution < -0.4 is 5.56 Å². The zero-order chi connectivity index (χ0) is 18.7. The molecule has 0 N–H and O–H groups in total. The highest BCUT2D eigenvalue weighted by Gasteiger charge is 2.25. The summed E-state index contributed by atoms with van der Waals surface area (Å²) in [6, 6.07) is 6.76. The van der Waals surface area contributed by atoms with Crippen LogP contribution >= 0.6 is 11.6 Å². The fourth-order valence-electron chi connectivity index (χ4n) is 3.07. The topological polar surface area (TPSA) is 59.4 Å². The standard InChI is InChI=1S/C18H20ClFN2O3S/c19-16-6-5-7-17(20)15(16)13-21-12-14(8-9-18(21)23)26(24,25)22-10-3-1-2-4-11-22/h5-9,12H,1-4,10-11,13H2. The van der Waals surface area contributed by atoms with Crippen molar-refractivity contribution in [2.24, 2.45) is 0 Å². The molecule has 1 aliphatic heterocycles. The van der Waals surface area contributed by atoms with Gasteiger partial charge in [0.05, 0.1) is 11.4 Å². The molecule has 0 spiro atoms. The SMILES string of the molecule is O=c1ccc(S(=O)(=O)N2CCCCCC2)cn1Cc1c(F)cccc1Cl. The number of halogens is 2. The molecule has 3 rings (SSSR count). The van der Waals surface area contributed by atoms with Gasteiger partial charge in [0.25, 0.3) is 5.56 Å². The van der Waals surface area contributed by atoms with Crippen molar-refractivity contribution < 1.29 is 12.8 Å². The van der Waals surface area contributed by atoms with Crippen molar-refractivity contribution in [3.63, 3.8) is 0 Å². The summed E-state index contributed by atoms with van der Waals surface area (Å²) in [7, 11) is -3.69. The first-order valence-electron chi connectivity index (χ1n) is 8.53. The Kier molecular flexibility index (Phi) is 5.79. The summed E-state index contributed by atoms with van der Waals surface area (Å²) in [6.07, 6.45) is 4.94. The molecule has 26 heavy (non-hydrogen) atoms. The Morgan fingerprint density at radius 2 is 1.73 bits per heavy atom. The smallest absolute Gasteiger partial charge is 0.250 e. The Hall–Kier alpha value is -1.70. The highest BCUT2D eigenvalue weighted by molar-refractivity contribution is 7.89. The van der Waals surface area contributed by atoms with Crippen LogP contribution in [0, 0.1) is 5.82 Å². The molecule has 0 aliphatic carbocycles. The van der Waals surface area contributed by atoms with Crippen molar-refractivity contribution in [2.75, 3.05) is 13.1 Å². The number of nitrogens with zero attached hydrogens (tertiary/aromatic N) is 2. The van der Waals surface area contributed by atoms with Crippen molar-refractivity contribution in [1.29, 1.82) is 0 Å². The molecule has 5 nitrogen and oxygen atoms in total. The van der Waals surface area contributed by atoms with E-state index in [4.69, 9.17) is 11.6 Å². The Morgan fingerprint density at radius 1 is 1.04 bits per heavy atom. The molecule has 140 valence electrons. The van der Waals surface area contributed by atoms with E-state index in [1.54, 1.807) is 0 Å². The number of aromatic nitrogens is 1. The number of rotatable bonds is 4. The summed E-state index contributed by atoms with van der Waals surface area (Å²) < 4.78 is 42.4. The van der Waals surface area contributed by atoms with E-state index in [0.29, 0.717) is 13.1 Å². The van der Waals surface area contributed by atoms with Crippen LogP contribution in [0.15, 0.2) is 46.2 Å². The van der Waals surface area contributed by atoms with Gasteiger partial charge in [-0.15, -0.1) is 0 Å². The minimum Gasteiger partial charge on any atom is -0.310 e. The Morgan fingerprint density at radius 3 is 2.38 bits per heavy atom. The van der Waals surface area contributed by atoms with Crippen molar-refractivity contribution >= 4 is 21.6 Å². The lowest BCUT2D eigenvalue weighted by atomic mass is 10.2. The highest BCUT2D eigenvalue weighted by atomic mass is 35.5. The van der Waals surface area contributed by atoms with E-state index in [2.05, 4.69) is 0 Å². The van der Waals surface area contributed by atoms with Gasteiger partial charge in [-0.25, -0.2) is 12.8 Å². The molecular weight excluding hydrogens is 379 g/mol. The first kappa shape index (κ1) is 19.1. The fraction of sp³-hybridized carbons (Fsp3) is 0.389. The lowest BCUT2D eigenvalue weighted by molar-refractivity contribution is 0.423. The average Bonchev–Trinajstić information content (AvgIpc) is 2.89.